The fraction of sp³-hybridized carbons (Fsp3) is 0.550. The molecule has 0 spiro atoms. The highest BCUT2D eigenvalue weighted by Gasteiger charge is 2.27. The van der Waals surface area contributed by atoms with Crippen molar-refractivity contribution in [2.24, 2.45) is 11.8 Å². The van der Waals surface area contributed by atoms with Crippen LogP contribution in [-0.2, 0) is 11.2 Å². The lowest BCUT2D eigenvalue weighted by molar-refractivity contribution is -0.125. The Balaban J connectivity index is 1.60. The van der Waals surface area contributed by atoms with Gasteiger partial charge in [-0.2, -0.15) is 4.37 Å². The van der Waals surface area contributed by atoms with Crippen molar-refractivity contribution >= 4 is 22.6 Å². The second-order valence-electron chi connectivity index (χ2n) is 7.45. The molecule has 1 fully saturated rings. The molecule has 1 N–H and O–H groups in total. The second-order valence-corrected chi connectivity index (χ2v) is 8.18. The van der Waals surface area contributed by atoms with E-state index in [4.69, 9.17) is 9.72 Å². The van der Waals surface area contributed by atoms with Gasteiger partial charge in [0.15, 0.2) is 0 Å². The van der Waals surface area contributed by atoms with E-state index in [1.54, 1.807) is 7.11 Å². The zero-order chi connectivity index (χ0) is 19.2. The number of rotatable bonds is 7. The van der Waals surface area contributed by atoms with Gasteiger partial charge in [0.2, 0.25) is 11.0 Å². The average molecular weight is 389 g/mol. The van der Waals surface area contributed by atoms with Crippen molar-refractivity contribution < 1.29 is 9.53 Å². The van der Waals surface area contributed by atoms with Crippen LogP contribution in [0.5, 0.6) is 5.75 Å². The van der Waals surface area contributed by atoms with Gasteiger partial charge < -0.3 is 15.0 Å². The molecule has 1 aromatic heterocycles. The normalized spacial score (nSPS) is 17.2. The number of hydrogen-bond donors (Lipinski definition) is 1. The number of nitrogens with zero attached hydrogens (tertiary/aromatic N) is 3. The Labute approximate surface area is 165 Å². The highest BCUT2D eigenvalue weighted by molar-refractivity contribution is 7.09. The summed E-state index contributed by atoms with van der Waals surface area (Å²) in [5.74, 6) is 2.32. The number of benzene rings is 1. The molecule has 0 bridgehead atoms. The molecule has 0 saturated carbocycles. The van der Waals surface area contributed by atoms with Gasteiger partial charge in [0, 0.05) is 37.6 Å². The Morgan fingerprint density at radius 3 is 3.07 bits per heavy atom. The van der Waals surface area contributed by atoms with Gasteiger partial charge in [0.25, 0.3) is 0 Å². The molecule has 146 valence electrons. The number of piperidine rings is 1. The number of carbonyl (C=O) groups is 1. The summed E-state index contributed by atoms with van der Waals surface area (Å²) in [7, 11) is 1.67. The van der Waals surface area contributed by atoms with Gasteiger partial charge in [-0.05, 0) is 36.5 Å². The van der Waals surface area contributed by atoms with E-state index in [0.717, 1.165) is 54.7 Å². The van der Waals surface area contributed by atoms with E-state index in [1.807, 2.05) is 18.2 Å². The smallest absolute Gasteiger partial charge is 0.224 e. The first-order chi connectivity index (χ1) is 13.0. The van der Waals surface area contributed by atoms with Gasteiger partial charge in [0.05, 0.1) is 13.0 Å². The van der Waals surface area contributed by atoms with Gasteiger partial charge in [0.1, 0.15) is 11.6 Å². The lowest BCUT2D eigenvalue weighted by Crippen LogP contribution is -2.43. The Morgan fingerprint density at radius 2 is 2.30 bits per heavy atom. The van der Waals surface area contributed by atoms with Crippen LogP contribution >= 0.6 is 11.5 Å². The van der Waals surface area contributed by atoms with Crippen LogP contribution < -0.4 is 15.0 Å². The van der Waals surface area contributed by atoms with E-state index in [0.29, 0.717) is 12.3 Å². The summed E-state index contributed by atoms with van der Waals surface area (Å²) < 4.78 is 9.80. The summed E-state index contributed by atoms with van der Waals surface area (Å²) in [4.78, 5) is 19.3. The number of anilines is 1. The third-order valence-corrected chi connectivity index (χ3v) is 5.52. The quantitative estimate of drug-likeness (QED) is 0.789. The molecule has 2 heterocycles. The lowest BCUT2D eigenvalue weighted by Gasteiger charge is -2.31. The van der Waals surface area contributed by atoms with E-state index in [2.05, 4.69) is 34.5 Å². The van der Waals surface area contributed by atoms with Gasteiger partial charge in [-0.3, -0.25) is 4.79 Å². The highest BCUT2D eigenvalue weighted by atomic mass is 32.1. The minimum absolute atomic E-state index is 0.0308. The second kappa shape index (κ2) is 9.17. The van der Waals surface area contributed by atoms with Crippen LogP contribution in [0.3, 0.4) is 0 Å². The molecule has 1 aromatic carbocycles. The van der Waals surface area contributed by atoms with Crippen molar-refractivity contribution in [1.29, 1.82) is 0 Å². The SMILES string of the molecule is COc1cccc(Cc2nsc(N3CCCC(C(=O)NCC(C)C)C3)n2)c1. The Hall–Kier alpha value is -2.15. The van der Waals surface area contributed by atoms with E-state index in [1.165, 1.54) is 11.5 Å². The van der Waals surface area contributed by atoms with Crippen molar-refractivity contribution in [3.8, 4) is 5.75 Å². The Morgan fingerprint density at radius 1 is 1.44 bits per heavy atom. The zero-order valence-electron chi connectivity index (χ0n) is 16.3. The van der Waals surface area contributed by atoms with E-state index in [-0.39, 0.29) is 11.8 Å². The number of aromatic nitrogens is 2. The largest absolute Gasteiger partial charge is 0.497 e. The molecule has 1 aliphatic rings. The molecule has 0 aliphatic carbocycles. The van der Waals surface area contributed by atoms with Crippen molar-refractivity contribution in [3.05, 3.63) is 35.7 Å². The topological polar surface area (TPSA) is 67.3 Å². The summed E-state index contributed by atoms with van der Waals surface area (Å²) in [6.07, 6.45) is 2.63. The number of ether oxygens (including phenoxy) is 1. The molecule has 1 amide bonds. The van der Waals surface area contributed by atoms with Crippen LogP contribution in [-0.4, -0.2) is 42.0 Å². The number of hydrogen-bond acceptors (Lipinski definition) is 6. The minimum Gasteiger partial charge on any atom is -0.497 e. The third kappa shape index (κ3) is 5.42. The van der Waals surface area contributed by atoms with Crippen LogP contribution in [0.15, 0.2) is 24.3 Å². The summed E-state index contributed by atoms with van der Waals surface area (Å²) in [5.41, 5.74) is 1.13. The predicted octanol–water partition coefficient (Wildman–Crippen LogP) is 3.13. The zero-order valence-corrected chi connectivity index (χ0v) is 17.1. The number of amides is 1. The Kier molecular flexibility index (Phi) is 6.66. The average Bonchev–Trinajstić information content (AvgIpc) is 3.14. The van der Waals surface area contributed by atoms with Crippen molar-refractivity contribution in [2.75, 3.05) is 31.6 Å². The number of nitrogens with one attached hydrogen (secondary N) is 1. The number of methoxy groups -OCH3 is 1. The first-order valence-corrected chi connectivity index (χ1v) is 10.3. The predicted molar refractivity (Wildman–Crippen MR) is 108 cm³/mol. The minimum atomic E-state index is 0.0308. The highest BCUT2D eigenvalue weighted by Crippen LogP contribution is 2.26. The molecular weight excluding hydrogens is 360 g/mol. The van der Waals surface area contributed by atoms with Crippen LogP contribution in [0.25, 0.3) is 0 Å². The summed E-state index contributed by atoms with van der Waals surface area (Å²) >= 11 is 1.42. The van der Waals surface area contributed by atoms with Crippen molar-refractivity contribution in [1.82, 2.24) is 14.7 Å². The van der Waals surface area contributed by atoms with Crippen LogP contribution in [0.1, 0.15) is 38.1 Å². The van der Waals surface area contributed by atoms with Crippen LogP contribution in [0.2, 0.25) is 0 Å². The van der Waals surface area contributed by atoms with Gasteiger partial charge in [-0.25, -0.2) is 4.98 Å². The van der Waals surface area contributed by atoms with Gasteiger partial charge >= 0.3 is 0 Å². The molecule has 27 heavy (non-hydrogen) atoms. The molecule has 6 nitrogen and oxygen atoms in total. The van der Waals surface area contributed by atoms with Gasteiger partial charge in [-0.15, -0.1) is 0 Å². The van der Waals surface area contributed by atoms with E-state index >= 15 is 0 Å². The molecule has 2 aromatic rings. The molecule has 1 saturated heterocycles. The maximum absolute atomic E-state index is 12.4. The molecule has 1 unspecified atom stereocenters. The molecule has 1 aliphatic heterocycles. The molecule has 0 radical (unpaired) electrons. The fourth-order valence-electron chi connectivity index (χ4n) is 3.22. The summed E-state index contributed by atoms with van der Waals surface area (Å²) in [5, 5.41) is 3.97. The lowest BCUT2D eigenvalue weighted by atomic mass is 9.97. The third-order valence-electron chi connectivity index (χ3n) is 4.70. The van der Waals surface area contributed by atoms with Crippen LogP contribution in [0.4, 0.5) is 5.13 Å². The fourth-order valence-corrected chi connectivity index (χ4v) is 3.94. The standard InChI is InChI=1S/C20H28N4O2S/c1-14(2)12-21-19(25)16-7-5-9-24(13-16)20-22-18(23-27-20)11-15-6-4-8-17(10-15)26-3/h4,6,8,10,14,16H,5,7,9,11-13H2,1-3H3,(H,21,25). The van der Waals surface area contributed by atoms with Crippen LogP contribution in [0, 0.1) is 11.8 Å². The molecule has 1 atom stereocenters. The van der Waals surface area contributed by atoms with E-state index < -0.39 is 0 Å². The summed E-state index contributed by atoms with van der Waals surface area (Å²) in [6, 6.07) is 7.98. The van der Waals surface area contributed by atoms with Crippen molar-refractivity contribution in [2.45, 2.75) is 33.1 Å². The molecule has 7 heteroatoms. The number of carbonyl (C=O) groups excluding carboxylic acids is 1. The maximum Gasteiger partial charge on any atom is 0.224 e. The first-order valence-electron chi connectivity index (χ1n) is 9.53. The first kappa shape index (κ1) is 19.6. The Bertz CT molecular complexity index is 762. The van der Waals surface area contributed by atoms with E-state index in [9.17, 15) is 4.79 Å². The maximum atomic E-state index is 12.4. The monoisotopic (exact) mass is 388 g/mol. The molecule has 3 rings (SSSR count). The molecular formula is C20H28N4O2S. The van der Waals surface area contributed by atoms with Gasteiger partial charge in [-0.1, -0.05) is 26.0 Å². The van der Waals surface area contributed by atoms with Crippen molar-refractivity contribution in [3.63, 3.8) is 0 Å². The summed E-state index contributed by atoms with van der Waals surface area (Å²) in [6.45, 7) is 6.61.